The van der Waals surface area contributed by atoms with Crippen LogP contribution in [0.1, 0.15) is 31.9 Å². The van der Waals surface area contributed by atoms with Gasteiger partial charge in [-0.3, -0.25) is 0 Å². The molecule has 100 valence electrons. The van der Waals surface area contributed by atoms with Gasteiger partial charge in [0, 0.05) is 12.2 Å². The van der Waals surface area contributed by atoms with Gasteiger partial charge in [0.15, 0.2) is 0 Å². The lowest BCUT2D eigenvalue weighted by Crippen LogP contribution is -2.33. The molecule has 0 aliphatic rings. The molecule has 0 radical (unpaired) electrons. The zero-order chi connectivity index (χ0) is 13.8. The molecule has 0 heterocycles. The smallest absolute Gasteiger partial charge is 0.407 e. The van der Waals surface area contributed by atoms with E-state index >= 15 is 0 Å². The summed E-state index contributed by atoms with van der Waals surface area (Å²) in [5.41, 5.74) is 8.36. The predicted octanol–water partition coefficient (Wildman–Crippen LogP) is 2.64. The van der Waals surface area contributed by atoms with E-state index in [1.807, 2.05) is 45.9 Å². The third-order valence-electron chi connectivity index (χ3n) is 2.55. The third kappa shape index (κ3) is 4.65. The van der Waals surface area contributed by atoms with Gasteiger partial charge in [-0.15, -0.1) is 0 Å². The average Bonchev–Trinajstić information content (AvgIpc) is 2.21. The van der Waals surface area contributed by atoms with Gasteiger partial charge in [-0.05, 0) is 51.3 Å². The van der Waals surface area contributed by atoms with Crippen molar-refractivity contribution in [2.24, 2.45) is 0 Å². The largest absolute Gasteiger partial charge is 0.444 e. The summed E-state index contributed by atoms with van der Waals surface area (Å²) in [7, 11) is 0. The Morgan fingerprint density at radius 1 is 1.39 bits per heavy atom. The minimum Gasteiger partial charge on any atom is -0.444 e. The van der Waals surface area contributed by atoms with E-state index in [1.165, 1.54) is 0 Å². The topological polar surface area (TPSA) is 64.3 Å². The van der Waals surface area contributed by atoms with Crippen molar-refractivity contribution in [3.63, 3.8) is 0 Å². The number of carbonyl (C=O) groups is 1. The Labute approximate surface area is 109 Å². The van der Waals surface area contributed by atoms with Crippen LogP contribution in [0.4, 0.5) is 10.5 Å². The number of rotatable bonds is 3. The molecule has 1 rings (SSSR count). The van der Waals surface area contributed by atoms with Crippen LogP contribution in [-0.4, -0.2) is 18.2 Å². The van der Waals surface area contributed by atoms with Gasteiger partial charge in [-0.25, -0.2) is 4.79 Å². The second-order valence-corrected chi connectivity index (χ2v) is 5.31. The van der Waals surface area contributed by atoms with E-state index in [4.69, 9.17) is 10.5 Å². The van der Waals surface area contributed by atoms with Crippen molar-refractivity contribution in [3.8, 4) is 0 Å². The molecule has 0 unspecified atom stereocenters. The molecule has 0 bridgehead atoms. The van der Waals surface area contributed by atoms with Crippen LogP contribution in [0.25, 0.3) is 0 Å². The second-order valence-electron chi connectivity index (χ2n) is 5.31. The number of nitrogen functional groups attached to an aromatic ring is 1. The Kier molecular flexibility index (Phi) is 4.59. The van der Waals surface area contributed by atoms with E-state index in [2.05, 4.69) is 5.32 Å². The second kappa shape index (κ2) is 5.76. The average molecular weight is 250 g/mol. The fraction of sp³-hybridized carbons (Fsp3) is 0.500. The molecule has 0 saturated carbocycles. The maximum atomic E-state index is 11.4. The first-order chi connectivity index (χ1) is 8.29. The zero-order valence-corrected chi connectivity index (χ0v) is 11.5. The first-order valence-corrected chi connectivity index (χ1v) is 6.10. The molecule has 4 heteroatoms. The highest BCUT2D eigenvalue weighted by Crippen LogP contribution is 2.15. The molecule has 1 aromatic rings. The summed E-state index contributed by atoms with van der Waals surface area (Å²) >= 11 is 0. The van der Waals surface area contributed by atoms with Crippen LogP contribution in [0.5, 0.6) is 0 Å². The van der Waals surface area contributed by atoms with Crippen molar-refractivity contribution in [3.05, 3.63) is 29.3 Å². The summed E-state index contributed by atoms with van der Waals surface area (Å²) in [6.07, 6.45) is 0.361. The van der Waals surface area contributed by atoms with Gasteiger partial charge in [0.25, 0.3) is 0 Å². The van der Waals surface area contributed by atoms with Crippen LogP contribution >= 0.6 is 0 Å². The van der Waals surface area contributed by atoms with Crippen molar-refractivity contribution in [1.82, 2.24) is 5.32 Å². The Balaban J connectivity index is 2.43. The molecule has 0 aliphatic carbocycles. The number of hydrogen-bond acceptors (Lipinski definition) is 3. The maximum Gasteiger partial charge on any atom is 0.407 e. The molecule has 0 saturated heterocycles. The van der Waals surface area contributed by atoms with Crippen LogP contribution in [0.15, 0.2) is 18.2 Å². The molecule has 0 spiro atoms. The van der Waals surface area contributed by atoms with Gasteiger partial charge in [-0.2, -0.15) is 0 Å². The minimum absolute atomic E-state index is 0.385. The molecule has 0 atom stereocenters. The lowest BCUT2D eigenvalue weighted by Gasteiger charge is -2.19. The van der Waals surface area contributed by atoms with Crippen LogP contribution in [-0.2, 0) is 11.2 Å². The summed E-state index contributed by atoms with van der Waals surface area (Å²) in [4.78, 5) is 11.4. The van der Waals surface area contributed by atoms with Crippen molar-refractivity contribution >= 4 is 11.8 Å². The number of carbonyl (C=O) groups excluding carboxylic acids is 1. The summed E-state index contributed by atoms with van der Waals surface area (Å²) in [5.74, 6) is 0. The number of anilines is 1. The van der Waals surface area contributed by atoms with Gasteiger partial charge in [0.2, 0.25) is 0 Å². The highest BCUT2D eigenvalue weighted by molar-refractivity contribution is 5.67. The van der Waals surface area contributed by atoms with E-state index in [0.29, 0.717) is 6.54 Å². The number of nitrogens with two attached hydrogens (primary N) is 1. The first-order valence-electron chi connectivity index (χ1n) is 6.10. The number of alkyl carbamates (subject to hydrolysis) is 1. The lowest BCUT2D eigenvalue weighted by molar-refractivity contribution is 0.0528. The normalized spacial score (nSPS) is 11.1. The fourth-order valence-corrected chi connectivity index (χ4v) is 1.59. The van der Waals surface area contributed by atoms with Gasteiger partial charge in [-0.1, -0.05) is 12.1 Å². The maximum absolute atomic E-state index is 11.4. The molecule has 4 nitrogen and oxygen atoms in total. The molecule has 0 aliphatic heterocycles. The number of ether oxygens (including phenoxy) is 1. The van der Waals surface area contributed by atoms with Crippen molar-refractivity contribution in [2.75, 3.05) is 12.3 Å². The summed E-state index contributed by atoms with van der Waals surface area (Å²) in [5, 5.41) is 2.73. The Bertz CT molecular complexity index is 422. The SMILES string of the molecule is Cc1c(N)cccc1CCNC(=O)OC(C)(C)C. The minimum atomic E-state index is -0.461. The van der Waals surface area contributed by atoms with Gasteiger partial charge >= 0.3 is 6.09 Å². The monoisotopic (exact) mass is 250 g/mol. The Hall–Kier alpha value is -1.71. The molecular weight excluding hydrogens is 228 g/mol. The van der Waals surface area contributed by atoms with E-state index in [-0.39, 0.29) is 6.09 Å². The Morgan fingerprint density at radius 2 is 2.06 bits per heavy atom. The van der Waals surface area contributed by atoms with Crippen molar-refractivity contribution in [2.45, 2.75) is 39.7 Å². The van der Waals surface area contributed by atoms with Crippen LogP contribution in [0.3, 0.4) is 0 Å². The highest BCUT2D eigenvalue weighted by atomic mass is 16.6. The van der Waals surface area contributed by atoms with E-state index in [9.17, 15) is 4.79 Å². The third-order valence-corrected chi connectivity index (χ3v) is 2.55. The van der Waals surface area contributed by atoms with Gasteiger partial charge in [0.1, 0.15) is 5.60 Å². The van der Waals surface area contributed by atoms with Crippen LogP contribution in [0, 0.1) is 6.92 Å². The highest BCUT2D eigenvalue weighted by Gasteiger charge is 2.15. The van der Waals surface area contributed by atoms with Gasteiger partial charge in [0.05, 0.1) is 0 Å². The van der Waals surface area contributed by atoms with Gasteiger partial charge < -0.3 is 15.8 Å². The number of nitrogens with one attached hydrogen (secondary N) is 1. The fourth-order valence-electron chi connectivity index (χ4n) is 1.59. The van der Waals surface area contributed by atoms with E-state index in [0.717, 1.165) is 23.2 Å². The van der Waals surface area contributed by atoms with Crippen LogP contribution in [0.2, 0.25) is 0 Å². The van der Waals surface area contributed by atoms with Crippen molar-refractivity contribution in [1.29, 1.82) is 0 Å². The van der Waals surface area contributed by atoms with E-state index < -0.39 is 5.60 Å². The zero-order valence-electron chi connectivity index (χ0n) is 11.5. The summed E-state index contributed by atoms with van der Waals surface area (Å²) in [6.45, 7) is 8.05. The quantitative estimate of drug-likeness (QED) is 0.810. The molecule has 0 aromatic heterocycles. The molecule has 1 aromatic carbocycles. The Morgan fingerprint density at radius 3 is 2.67 bits per heavy atom. The number of amides is 1. The molecule has 18 heavy (non-hydrogen) atoms. The molecule has 3 N–H and O–H groups in total. The summed E-state index contributed by atoms with van der Waals surface area (Å²) in [6, 6.07) is 5.81. The number of benzene rings is 1. The summed E-state index contributed by atoms with van der Waals surface area (Å²) < 4.78 is 5.15. The predicted molar refractivity (Wildman–Crippen MR) is 73.5 cm³/mol. The molecule has 0 fully saturated rings. The standard InChI is InChI=1S/C14H22N2O2/c1-10-11(6-5-7-12(10)15)8-9-16-13(17)18-14(2,3)4/h5-7H,8-9,15H2,1-4H3,(H,16,17). The molecule has 1 amide bonds. The first kappa shape index (κ1) is 14.4. The van der Waals surface area contributed by atoms with Crippen LogP contribution < -0.4 is 11.1 Å². The number of hydrogen-bond donors (Lipinski definition) is 2. The van der Waals surface area contributed by atoms with E-state index in [1.54, 1.807) is 0 Å². The van der Waals surface area contributed by atoms with Crippen molar-refractivity contribution < 1.29 is 9.53 Å². The molecular formula is C14H22N2O2. The lowest BCUT2D eigenvalue weighted by atomic mass is 10.0.